The van der Waals surface area contributed by atoms with Gasteiger partial charge in [-0.1, -0.05) is 6.42 Å². The summed E-state index contributed by atoms with van der Waals surface area (Å²) >= 11 is 2.25. The van der Waals surface area contributed by atoms with E-state index in [1.807, 2.05) is 29.2 Å². The second kappa shape index (κ2) is 7.94. The van der Waals surface area contributed by atoms with Crippen molar-refractivity contribution < 1.29 is 9.53 Å². The molecule has 2 aromatic rings. The molecule has 0 radical (unpaired) electrons. The van der Waals surface area contributed by atoms with Crippen LogP contribution in [0.2, 0.25) is 0 Å². The number of aromatic nitrogens is 3. The monoisotopic (exact) mass is 466 g/mol. The first-order valence-electron chi connectivity index (χ1n) is 9.32. The van der Waals surface area contributed by atoms with Gasteiger partial charge in [-0.15, -0.1) is 10.2 Å². The summed E-state index contributed by atoms with van der Waals surface area (Å²) in [6.45, 7) is 1.80. The highest BCUT2D eigenvalue weighted by atomic mass is 127. The molecule has 26 heavy (non-hydrogen) atoms. The normalized spacial score (nSPS) is 19.9. The smallest absolute Gasteiger partial charge is 0.261 e. The minimum atomic E-state index is 0.0250. The number of nitrogens with zero attached hydrogens (tertiary/aromatic N) is 4. The molecule has 0 saturated carbocycles. The van der Waals surface area contributed by atoms with E-state index in [4.69, 9.17) is 4.74 Å². The van der Waals surface area contributed by atoms with Gasteiger partial charge >= 0.3 is 0 Å². The van der Waals surface area contributed by atoms with Gasteiger partial charge in [0.1, 0.15) is 11.6 Å². The van der Waals surface area contributed by atoms with Crippen molar-refractivity contribution >= 4 is 28.5 Å². The molecule has 2 aliphatic rings. The Kier molecular flexibility index (Phi) is 5.42. The molecule has 138 valence electrons. The molecule has 1 unspecified atom stereocenters. The lowest BCUT2D eigenvalue weighted by Gasteiger charge is -2.24. The largest absolute Gasteiger partial charge is 0.484 e. The zero-order valence-corrected chi connectivity index (χ0v) is 16.9. The number of fused-ring (bicyclic) bond motifs is 1. The summed E-state index contributed by atoms with van der Waals surface area (Å²) in [5, 5.41) is 8.86. The number of ether oxygens (including phenoxy) is 1. The zero-order chi connectivity index (χ0) is 17.9. The number of benzene rings is 1. The molecule has 4 rings (SSSR count). The number of carbonyl (C=O) groups is 1. The van der Waals surface area contributed by atoms with Gasteiger partial charge in [-0.2, -0.15) is 0 Å². The van der Waals surface area contributed by atoms with E-state index in [1.165, 1.54) is 12.8 Å². The Morgan fingerprint density at radius 2 is 1.96 bits per heavy atom. The summed E-state index contributed by atoms with van der Waals surface area (Å²) in [5.41, 5.74) is 0. The number of hydrogen-bond donors (Lipinski definition) is 0. The highest BCUT2D eigenvalue weighted by molar-refractivity contribution is 14.1. The lowest BCUT2D eigenvalue weighted by molar-refractivity contribution is -0.134. The van der Waals surface area contributed by atoms with Gasteiger partial charge in [0.25, 0.3) is 5.91 Å². The maximum Gasteiger partial charge on any atom is 0.261 e. The molecule has 0 bridgehead atoms. The molecule has 6 nitrogen and oxygen atoms in total. The van der Waals surface area contributed by atoms with E-state index in [0.717, 1.165) is 59.7 Å². The molecular formula is C19H23IN4O2. The summed E-state index contributed by atoms with van der Waals surface area (Å²) in [6.07, 6.45) is 6.52. The Hall–Kier alpha value is -1.64. The minimum Gasteiger partial charge on any atom is -0.484 e. The fraction of sp³-hybridized carbons (Fsp3) is 0.526. The Balaban J connectivity index is 1.45. The molecule has 1 amide bonds. The highest BCUT2D eigenvalue weighted by Gasteiger charge is 2.34. The van der Waals surface area contributed by atoms with Gasteiger partial charge in [0.05, 0.1) is 6.04 Å². The predicted molar refractivity (Wildman–Crippen MR) is 106 cm³/mol. The third-order valence-corrected chi connectivity index (χ3v) is 5.90. The number of halogens is 1. The first kappa shape index (κ1) is 17.8. The molecule has 1 atom stereocenters. The van der Waals surface area contributed by atoms with Crippen LogP contribution in [0.1, 0.15) is 49.8 Å². The molecule has 0 aliphatic carbocycles. The van der Waals surface area contributed by atoms with Crippen LogP contribution in [0.4, 0.5) is 0 Å². The van der Waals surface area contributed by atoms with E-state index in [1.54, 1.807) is 0 Å². The van der Waals surface area contributed by atoms with Gasteiger partial charge in [0.15, 0.2) is 12.4 Å². The fourth-order valence-electron chi connectivity index (χ4n) is 3.85. The van der Waals surface area contributed by atoms with Crippen LogP contribution >= 0.6 is 22.6 Å². The molecule has 1 aromatic carbocycles. The number of likely N-dealkylation sites (tertiary alicyclic amines) is 1. The van der Waals surface area contributed by atoms with Crippen molar-refractivity contribution in [2.75, 3.05) is 13.2 Å². The summed E-state index contributed by atoms with van der Waals surface area (Å²) in [6, 6.07) is 7.78. The van der Waals surface area contributed by atoms with E-state index in [9.17, 15) is 4.79 Å². The Labute approximate surface area is 167 Å². The maximum atomic E-state index is 12.8. The zero-order valence-electron chi connectivity index (χ0n) is 14.7. The van der Waals surface area contributed by atoms with Crippen molar-refractivity contribution in [1.29, 1.82) is 0 Å². The van der Waals surface area contributed by atoms with Crippen LogP contribution in [-0.2, 0) is 17.8 Å². The van der Waals surface area contributed by atoms with Gasteiger partial charge in [0, 0.05) is 23.1 Å². The van der Waals surface area contributed by atoms with Crippen molar-refractivity contribution in [1.82, 2.24) is 19.7 Å². The molecule has 1 fully saturated rings. The summed E-state index contributed by atoms with van der Waals surface area (Å²) in [7, 11) is 0. The third kappa shape index (κ3) is 3.72. The third-order valence-electron chi connectivity index (χ3n) is 5.19. The Morgan fingerprint density at radius 1 is 1.12 bits per heavy atom. The second-order valence-corrected chi connectivity index (χ2v) is 8.17. The lowest BCUT2D eigenvalue weighted by Crippen LogP contribution is -2.35. The molecule has 3 heterocycles. The van der Waals surface area contributed by atoms with Gasteiger partial charge < -0.3 is 14.2 Å². The summed E-state index contributed by atoms with van der Waals surface area (Å²) in [5.74, 6) is 2.79. The van der Waals surface area contributed by atoms with Crippen LogP contribution < -0.4 is 4.74 Å². The van der Waals surface area contributed by atoms with Crippen molar-refractivity contribution in [3.8, 4) is 5.75 Å². The predicted octanol–water partition coefficient (Wildman–Crippen LogP) is 3.35. The Morgan fingerprint density at radius 3 is 2.81 bits per heavy atom. The summed E-state index contributed by atoms with van der Waals surface area (Å²) in [4.78, 5) is 14.7. The lowest BCUT2D eigenvalue weighted by atomic mass is 10.2. The van der Waals surface area contributed by atoms with Gasteiger partial charge in [-0.3, -0.25) is 4.79 Å². The molecule has 2 aliphatic heterocycles. The average molecular weight is 466 g/mol. The van der Waals surface area contributed by atoms with Gasteiger partial charge in [-0.05, 0) is 72.5 Å². The Bertz CT molecular complexity index is 774. The van der Waals surface area contributed by atoms with E-state index in [2.05, 4.69) is 37.4 Å². The molecule has 0 spiro atoms. The number of carbonyl (C=O) groups excluding carboxylic acids is 1. The summed E-state index contributed by atoms with van der Waals surface area (Å²) < 4.78 is 9.10. The van der Waals surface area contributed by atoms with Crippen LogP contribution in [0, 0.1) is 3.57 Å². The van der Waals surface area contributed by atoms with Crippen LogP contribution in [0.5, 0.6) is 5.75 Å². The molecule has 7 heteroatoms. The first-order chi connectivity index (χ1) is 12.7. The molecule has 1 saturated heterocycles. The first-order valence-corrected chi connectivity index (χ1v) is 10.4. The van der Waals surface area contributed by atoms with Crippen molar-refractivity contribution in [2.24, 2.45) is 0 Å². The molecule has 0 N–H and O–H groups in total. The van der Waals surface area contributed by atoms with Gasteiger partial charge in [0.2, 0.25) is 0 Å². The quantitative estimate of drug-likeness (QED) is 0.649. The van der Waals surface area contributed by atoms with Crippen molar-refractivity contribution in [3.05, 3.63) is 39.5 Å². The minimum absolute atomic E-state index is 0.0250. The number of aryl methyl sites for hydroxylation is 1. The van der Waals surface area contributed by atoms with Crippen LogP contribution in [0.25, 0.3) is 0 Å². The van der Waals surface area contributed by atoms with E-state index < -0.39 is 0 Å². The SMILES string of the molecule is O=C(COc1ccc(I)cc1)N1CCCC1c1nnc2n1CCCCC2. The number of amides is 1. The van der Waals surface area contributed by atoms with Gasteiger partial charge in [-0.25, -0.2) is 0 Å². The molecular weight excluding hydrogens is 443 g/mol. The van der Waals surface area contributed by atoms with Crippen molar-refractivity contribution in [3.63, 3.8) is 0 Å². The number of rotatable bonds is 4. The molecule has 1 aromatic heterocycles. The highest BCUT2D eigenvalue weighted by Crippen LogP contribution is 2.32. The van der Waals surface area contributed by atoms with Crippen LogP contribution in [0.3, 0.4) is 0 Å². The fourth-order valence-corrected chi connectivity index (χ4v) is 4.21. The van der Waals surface area contributed by atoms with E-state index in [-0.39, 0.29) is 18.6 Å². The van der Waals surface area contributed by atoms with Crippen molar-refractivity contribution in [2.45, 2.75) is 51.1 Å². The van der Waals surface area contributed by atoms with Crippen LogP contribution in [-0.4, -0.2) is 38.7 Å². The number of hydrogen-bond acceptors (Lipinski definition) is 4. The van der Waals surface area contributed by atoms with Crippen LogP contribution in [0.15, 0.2) is 24.3 Å². The van der Waals surface area contributed by atoms with E-state index in [0.29, 0.717) is 0 Å². The topological polar surface area (TPSA) is 60.2 Å². The average Bonchev–Trinajstić information content (AvgIpc) is 3.22. The standard InChI is InChI=1S/C19H23IN4O2/c20-14-7-9-15(10-8-14)26-13-18(25)23-12-4-5-16(23)19-22-21-17-6-2-1-3-11-24(17)19/h7-10,16H,1-6,11-13H2. The maximum absolute atomic E-state index is 12.8. The second-order valence-electron chi connectivity index (χ2n) is 6.92. The van der Waals surface area contributed by atoms with E-state index >= 15 is 0 Å².